The number of nitrogens with zero attached hydrogens (tertiary/aromatic N) is 1. The third-order valence-corrected chi connectivity index (χ3v) is 6.24. The summed E-state index contributed by atoms with van der Waals surface area (Å²) in [4.78, 5) is 61.1. The summed E-state index contributed by atoms with van der Waals surface area (Å²) >= 11 is 0. The van der Waals surface area contributed by atoms with E-state index in [1.165, 1.54) is 27.0 Å². The molecule has 2 heterocycles. The fraction of sp³-hybridized carbons (Fsp3) is 0.700. The number of aromatic nitrogens is 2. The van der Waals surface area contributed by atoms with E-state index in [1.807, 2.05) is 0 Å². The van der Waals surface area contributed by atoms with Gasteiger partial charge >= 0.3 is 25.5 Å². The first-order valence-electron chi connectivity index (χ1n) is 11.2. The van der Waals surface area contributed by atoms with Crippen molar-refractivity contribution in [2.75, 3.05) is 39.8 Å². The van der Waals surface area contributed by atoms with Gasteiger partial charge in [0.2, 0.25) is 5.41 Å². The normalized spacial score (nSPS) is 21.4. The van der Waals surface area contributed by atoms with Gasteiger partial charge in [0.05, 0.1) is 39.1 Å². The average molecular weight is 554 g/mol. The average Bonchev–Trinajstić information content (AvgIpc) is 3.21. The number of carbonyl (C=O) groups is 2. The lowest BCUT2D eigenvalue weighted by molar-refractivity contribution is -0.182. The maximum Gasteiger partial charge on any atom is 0.472 e. The van der Waals surface area contributed by atoms with E-state index >= 15 is 0 Å². The highest BCUT2D eigenvalue weighted by Crippen LogP contribution is 2.46. The molecule has 1 aromatic heterocycles. The Morgan fingerprint density at radius 3 is 2.38 bits per heavy atom. The van der Waals surface area contributed by atoms with E-state index in [1.54, 1.807) is 0 Å². The molecule has 1 fully saturated rings. The van der Waals surface area contributed by atoms with Crippen LogP contribution in [0.1, 0.15) is 32.1 Å². The molecular formula is C20H31N2O14P. The number of ether oxygens (including phenoxy) is 4. The van der Waals surface area contributed by atoms with Crippen molar-refractivity contribution in [1.29, 1.82) is 0 Å². The Bertz CT molecular complexity index is 1080. The molecule has 0 amide bonds. The van der Waals surface area contributed by atoms with Crippen molar-refractivity contribution in [3.63, 3.8) is 0 Å². The van der Waals surface area contributed by atoms with Gasteiger partial charge in [-0.3, -0.25) is 33.0 Å². The molecule has 210 valence electrons. The lowest BCUT2D eigenvalue weighted by atomic mass is 9.90. The Morgan fingerprint density at radius 1 is 1.19 bits per heavy atom. The van der Waals surface area contributed by atoms with Gasteiger partial charge in [-0.15, -0.1) is 0 Å². The van der Waals surface area contributed by atoms with Crippen LogP contribution in [0, 0.1) is 12.3 Å². The minimum atomic E-state index is -4.97. The smallest absolute Gasteiger partial charge is 0.465 e. The van der Waals surface area contributed by atoms with Gasteiger partial charge in [-0.25, -0.2) is 9.36 Å². The third-order valence-electron chi connectivity index (χ3n) is 5.31. The quantitative estimate of drug-likeness (QED) is 0.0909. The molecule has 16 nitrogen and oxygen atoms in total. The van der Waals surface area contributed by atoms with Crippen molar-refractivity contribution in [3.8, 4) is 0 Å². The van der Waals surface area contributed by atoms with Crippen molar-refractivity contribution < 1.29 is 57.3 Å². The zero-order valence-electron chi connectivity index (χ0n) is 20.5. The summed E-state index contributed by atoms with van der Waals surface area (Å²) in [5, 5.41) is 19.3. The van der Waals surface area contributed by atoms with Gasteiger partial charge in [0, 0.05) is 18.2 Å². The highest BCUT2D eigenvalue weighted by Gasteiger charge is 2.52. The van der Waals surface area contributed by atoms with Gasteiger partial charge < -0.3 is 34.1 Å². The molecule has 17 heteroatoms. The van der Waals surface area contributed by atoms with Crippen molar-refractivity contribution in [2.24, 2.45) is 5.41 Å². The zero-order chi connectivity index (χ0) is 27.8. The minimum absolute atomic E-state index is 0.0939. The van der Waals surface area contributed by atoms with Crippen molar-refractivity contribution in [3.05, 3.63) is 32.6 Å². The topological polar surface area (TPSA) is 222 Å². The van der Waals surface area contributed by atoms with Gasteiger partial charge in [-0.2, -0.15) is 0 Å². The first kappa shape index (κ1) is 30.8. The standard InChI is InChI=1S/C20H31N2O14P/c1-4-32-17(26)20(9-31-11-23,18(27)33-5-2)10-35-37(29,30)34-8-14-13(24)6-15(36-14)22-7-12(3)16(25)21-19(22)28/h7,13-15,23-24H,4-6,8-11H2,1-3H3,(H,29,30)(H,21,25,28)/t13-,14+,15+/m0/s1. The fourth-order valence-electron chi connectivity index (χ4n) is 3.35. The molecule has 37 heavy (non-hydrogen) atoms. The zero-order valence-corrected chi connectivity index (χ0v) is 21.4. The van der Waals surface area contributed by atoms with E-state index < -0.39 is 81.5 Å². The summed E-state index contributed by atoms with van der Waals surface area (Å²) in [6.45, 7) is 0.671. The Morgan fingerprint density at radius 2 is 1.81 bits per heavy atom. The molecule has 1 aliphatic rings. The predicted octanol–water partition coefficient (Wildman–Crippen LogP) is -1.29. The number of H-pyrrole nitrogens is 1. The molecule has 0 aliphatic carbocycles. The summed E-state index contributed by atoms with van der Waals surface area (Å²) in [5.74, 6) is -2.36. The third kappa shape index (κ3) is 7.78. The van der Waals surface area contributed by atoms with E-state index in [0.717, 1.165) is 4.57 Å². The monoisotopic (exact) mass is 554 g/mol. The molecule has 0 bridgehead atoms. The lowest BCUT2D eigenvalue weighted by Gasteiger charge is -2.29. The molecule has 0 radical (unpaired) electrons. The Hall–Kier alpha value is -2.43. The molecule has 0 aromatic carbocycles. The molecule has 4 N–H and O–H groups in total. The molecule has 1 saturated heterocycles. The van der Waals surface area contributed by atoms with E-state index in [9.17, 15) is 33.7 Å². The number of nitrogens with one attached hydrogen (secondary N) is 1. The summed E-state index contributed by atoms with van der Waals surface area (Å²) in [5.41, 5.74) is -3.48. The van der Waals surface area contributed by atoms with Gasteiger partial charge in [0.25, 0.3) is 5.56 Å². The molecule has 1 unspecified atom stereocenters. The van der Waals surface area contributed by atoms with Crippen LogP contribution in [-0.4, -0.2) is 88.6 Å². The summed E-state index contributed by atoms with van der Waals surface area (Å²) in [6.07, 6.45) is -2.24. The van der Waals surface area contributed by atoms with Gasteiger partial charge in [-0.1, -0.05) is 0 Å². The summed E-state index contributed by atoms with van der Waals surface area (Å²) < 4.78 is 43.4. The first-order chi connectivity index (χ1) is 17.4. The second kappa shape index (κ2) is 13.4. The number of phosphoric ester groups is 1. The SMILES string of the molecule is CCOC(=O)C(COCO)(COP(=O)(O)OC[C@H]1O[C@@H](n2cc(C)c(=O)[nH]c2=O)C[C@@H]1O)C(=O)OCC. The number of aromatic amines is 1. The molecule has 1 aromatic rings. The first-order valence-corrected chi connectivity index (χ1v) is 12.7. The van der Waals surface area contributed by atoms with Crippen LogP contribution in [0.25, 0.3) is 0 Å². The van der Waals surface area contributed by atoms with Crippen molar-refractivity contribution in [1.82, 2.24) is 9.55 Å². The Labute approximate surface area is 210 Å². The van der Waals surface area contributed by atoms with E-state index in [0.29, 0.717) is 0 Å². The van der Waals surface area contributed by atoms with Crippen molar-refractivity contribution in [2.45, 2.75) is 45.6 Å². The van der Waals surface area contributed by atoms with Gasteiger partial charge in [-0.05, 0) is 20.8 Å². The number of aryl methyl sites for hydroxylation is 1. The van der Waals surface area contributed by atoms with E-state index in [4.69, 9.17) is 33.1 Å². The van der Waals surface area contributed by atoms with Crippen LogP contribution in [0.3, 0.4) is 0 Å². The van der Waals surface area contributed by atoms with E-state index in [2.05, 4.69) is 4.98 Å². The predicted molar refractivity (Wildman–Crippen MR) is 121 cm³/mol. The fourth-order valence-corrected chi connectivity index (χ4v) is 4.15. The van der Waals surface area contributed by atoms with Crippen molar-refractivity contribution >= 4 is 19.8 Å². The Kier molecular flexibility index (Phi) is 11.1. The van der Waals surface area contributed by atoms with Crippen LogP contribution in [0.2, 0.25) is 0 Å². The highest BCUT2D eigenvalue weighted by atomic mass is 31.2. The van der Waals surface area contributed by atoms with Crippen LogP contribution >= 0.6 is 7.82 Å². The molecule has 0 saturated carbocycles. The number of rotatable bonds is 14. The van der Waals surface area contributed by atoms with Crippen LogP contribution in [0.4, 0.5) is 0 Å². The molecule has 0 spiro atoms. The number of hydrogen-bond acceptors (Lipinski definition) is 13. The van der Waals surface area contributed by atoms with Crippen LogP contribution < -0.4 is 11.2 Å². The lowest BCUT2D eigenvalue weighted by Crippen LogP contribution is -2.49. The molecule has 2 rings (SSSR count). The summed E-state index contributed by atoms with van der Waals surface area (Å²) in [6, 6.07) is 0. The molecular weight excluding hydrogens is 523 g/mol. The van der Waals surface area contributed by atoms with Gasteiger partial charge in [0.1, 0.15) is 19.1 Å². The maximum absolute atomic E-state index is 12.6. The number of hydrogen-bond donors (Lipinski definition) is 4. The number of aliphatic hydroxyl groups excluding tert-OH is 2. The Balaban J connectivity index is 2.10. The van der Waals surface area contributed by atoms with Crippen LogP contribution in [0.15, 0.2) is 15.8 Å². The second-order valence-electron chi connectivity index (χ2n) is 7.95. The number of carbonyl (C=O) groups excluding carboxylic acids is 2. The maximum atomic E-state index is 12.6. The minimum Gasteiger partial charge on any atom is -0.465 e. The van der Waals surface area contributed by atoms with Crippen LogP contribution in [0.5, 0.6) is 0 Å². The second-order valence-corrected chi connectivity index (χ2v) is 9.40. The largest absolute Gasteiger partial charge is 0.472 e. The number of aliphatic hydroxyl groups is 2. The van der Waals surface area contributed by atoms with Crippen LogP contribution in [-0.2, 0) is 42.1 Å². The highest BCUT2D eigenvalue weighted by molar-refractivity contribution is 7.47. The number of phosphoric acid groups is 1. The molecule has 4 atom stereocenters. The summed E-state index contributed by atoms with van der Waals surface area (Å²) in [7, 11) is -4.97. The van der Waals surface area contributed by atoms with E-state index in [-0.39, 0.29) is 25.2 Å². The molecule has 1 aliphatic heterocycles. The van der Waals surface area contributed by atoms with Gasteiger partial charge in [0.15, 0.2) is 0 Å². The number of esters is 2.